The summed E-state index contributed by atoms with van der Waals surface area (Å²) >= 11 is 0. The number of pyridine rings is 1. The zero-order valence-corrected chi connectivity index (χ0v) is 10.1. The maximum atomic E-state index is 9.10. The Kier molecular flexibility index (Phi) is 4.30. The molecule has 5 nitrogen and oxygen atoms in total. The third-order valence-corrected chi connectivity index (χ3v) is 2.95. The molecule has 94 valence electrons. The largest absolute Gasteiger partial charge is 0.394 e. The summed E-state index contributed by atoms with van der Waals surface area (Å²) in [4.78, 5) is 6.56. The number of anilines is 1. The van der Waals surface area contributed by atoms with Gasteiger partial charge >= 0.3 is 0 Å². The second kappa shape index (κ2) is 5.95. The van der Waals surface area contributed by atoms with E-state index < -0.39 is 0 Å². The van der Waals surface area contributed by atoms with E-state index in [0.29, 0.717) is 6.61 Å². The van der Waals surface area contributed by atoms with Crippen LogP contribution in [0.15, 0.2) is 18.3 Å². The molecular weight excluding hydrogens is 218 g/mol. The van der Waals surface area contributed by atoms with Gasteiger partial charge in [0.2, 0.25) is 0 Å². The van der Waals surface area contributed by atoms with Crippen molar-refractivity contribution in [2.24, 2.45) is 0 Å². The van der Waals surface area contributed by atoms with Gasteiger partial charge in [0.15, 0.2) is 0 Å². The molecule has 2 heterocycles. The Bertz CT molecular complexity index is 359. The van der Waals surface area contributed by atoms with Crippen LogP contribution in [0.3, 0.4) is 0 Å². The summed E-state index contributed by atoms with van der Waals surface area (Å²) in [6, 6.07) is 4.02. The summed E-state index contributed by atoms with van der Waals surface area (Å²) in [6.45, 7) is 3.27. The number of aromatic nitrogens is 1. The Morgan fingerprint density at radius 1 is 1.65 bits per heavy atom. The van der Waals surface area contributed by atoms with Gasteiger partial charge in [-0.3, -0.25) is 4.90 Å². The fourth-order valence-electron chi connectivity index (χ4n) is 2.07. The highest BCUT2D eigenvalue weighted by atomic mass is 16.5. The predicted octanol–water partition coefficient (Wildman–Crippen LogP) is 0.316. The molecule has 1 aliphatic rings. The summed E-state index contributed by atoms with van der Waals surface area (Å²) in [6.07, 6.45) is 1.73. The van der Waals surface area contributed by atoms with Crippen LogP contribution in [0.4, 0.5) is 5.82 Å². The van der Waals surface area contributed by atoms with Crippen molar-refractivity contribution in [3.05, 3.63) is 23.9 Å². The Balaban J connectivity index is 2.00. The number of rotatable bonds is 4. The van der Waals surface area contributed by atoms with Crippen molar-refractivity contribution < 1.29 is 9.84 Å². The first kappa shape index (κ1) is 12.3. The number of aliphatic hydroxyl groups is 1. The summed E-state index contributed by atoms with van der Waals surface area (Å²) in [7, 11) is 1.88. The van der Waals surface area contributed by atoms with Gasteiger partial charge < -0.3 is 15.2 Å². The van der Waals surface area contributed by atoms with Crippen LogP contribution in [-0.4, -0.2) is 54.4 Å². The van der Waals surface area contributed by atoms with Crippen LogP contribution in [-0.2, 0) is 11.3 Å². The van der Waals surface area contributed by atoms with Crippen LogP contribution in [0.25, 0.3) is 0 Å². The van der Waals surface area contributed by atoms with Crippen LogP contribution in [0, 0.1) is 0 Å². The zero-order valence-electron chi connectivity index (χ0n) is 10.1. The Hall–Kier alpha value is -1.17. The minimum absolute atomic E-state index is 0.0570. The number of nitrogens with one attached hydrogen (secondary N) is 1. The van der Waals surface area contributed by atoms with E-state index in [0.717, 1.165) is 25.5 Å². The molecule has 0 aliphatic carbocycles. The summed E-state index contributed by atoms with van der Waals surface area (Å²) < 4.78 is 5.43. The lowest BCUT2D eigenvalue weighted by Crippen LogP contribution is -2.43. The van der Waals surface area contributed by atoms with Gasteiger partial charge in [-0.25, -0.2) is 4.98 Å². The van der Waals surface area contributed by atoms with E-state index in [1.54, 1.807) is 6.20 Å². The lowest BCUT2D eigenvalue weighted by atomic mass is 10.2. The minimum atomic E-state index is -0.0570. The van der Waals surface area contributed by atoms with Gasteiger partial charge in [-0.2, -0.15) is 0 Å². The van der Waals surface area contributed by atoms with Gasteiger partial charge in [0.1, 0.15) is 5.82 Å². The molecule has 0 aromatic carbocycles. The Labute approximate surface area is 101 Å². The van der Waals surface area contributed by atoms with Gasteiger partial charge in [0, 0.05) is 38.4 Å². The molecule has 0 bridgehead atoms. The maximum absolute atomic E-state index is 9.10. The van der Waals surface area contributed by atoms with Crippen molar-refractivity contribution in [2.45, 2.75) is 12.6 Å². The van der Waals surface area contributed by atoms with E-state index in [9.17, 15) is 0 Å². The second-order valence-electron chi connectivity index (χ2n) is 4.17. The van der Waals surface area contributed by atoms with Crippen molar-refractivity contribution in [2.75, 3.05) is 38.7 Å². The molecule has 1 aromatic rings. The van der Waals surface area contributed by atoms with Crippen LogP contribution in [0.5, 0.6) is 0 Å². The van der Waals surface area contributed by atoms with Crippen molar-refractivity contribution in [1.29, 1.82) is 0 Å². The molecule has 1 aromatic heterocycles. The van der Waals surface area contributed by atoms with Gasteiger partial charge in [0.05, 0.1) is 19.3 Å². The van der Waals surface area contributed by atoms with Crippen LogP contribution in [0.2, 0.25) is 0 Å². The van der Waals surface area contributed by atoms with Crippen LogP contribution < -0.4 is 5.32 Å². The standard InChI is InChI=1S/C12H19N3O2/c1-13-12-10(3-2-4-14-12)7-15-5-6-17-11(8-15)9-16/h2-4,11,16H,5-9H2,1H3,(H,13,14). The average Bonchev–Trinajstić information content (AvgIpc) is 2.39. The van der Waals surface area contributed by atoms with Crippen LogP contribution >= 0.6 is 0 Å². The van der Waals surface area contributed by atoms with Crippen molar-refractivity contribution in [1.82, 2.24) is 9.88 Å². The van der Waals surface area contributed by atoms with E-state index in [2.05, 4.69) is 21.3 Å². The van der Waals surface area contributed by atoms with Crippen molar-refractivity contribution >= 4 is 5.82 Å². The lowest BCUT2D eigenvalue weighted by Gasteiger charge is -2.32. The van der Waals surface area contributed by atoms with E-state index >= 15 is 0 Å². The third-order valence-electron chi connectivity index (χ3n) is 2.95. The molecule has 1 aliphatic heterocycles. The second-order valence-corrected chi connectivity index (χ2v) is 4.17. The van der Waals surface area contributed by atoms with E-state index in [-0.39, 0.29) is 12.7 Å². The SMILES string of the molecule is CNc1ncccc1CN1CCOC(CO)C1. The smallest absolute Gasteiger partial charge is 0.130 e. The third kappa shape index (κ3) is 3.15. The fraction of sp³-hybridized carbons (Fsp3) is 0.583. The number of ether oxygens (including phenoxy) is 1. The molecule has 0 saturated carbocycles. The molecular formula is C12H19N3O2. The summed E-state index contributed by atoms with van der Waals surface area (Å²) in [5.74, 6) is 0.916. The first-order chi connectivity index (χ1) is 8.33. The minimum Gasteiger partial charge on any atom is -0.394 e. The number of hydrogen-bond donors (Lipinski definition) is 2. The number of aliphatic hydroxyl groups excluding tert-OH is 1. The highest BCUT2D eigenvalue weighted by molar-refractivity contribution is 5.42. The van der Waals surface area contributed by atoms with E-state index in [1.165, 1.54) is 5.56 Å². The Morgan fingerprint density at radius 2 is 2.53 bits per heavy atom. The normalized spacial score (nSPS) is 21.4. The van der Waals surface area contributed by atoms with Crippen molar-refractivity contribution in [3.63, 3.8) is 0 Å². The molecule has 1 unspecified atom stereocenters. The quantitative estimate of drug-likeness (QED) is 0.789. The molecule has 17 heavy (non-hydrogen) atoms. The first-order valence-electron chi connectivity index (χ1n) is 5.90. The maximum Gasteiger partial charge on any atom is 0.130 e. The molecule has 5 heteroatoms. The molecule has 2 rings (SSSR count). The molecule has 2 N–H and O–H groups in total. The highest BCUT2D eigenvalue weighted by Crippen LogP contribution is 2.15. The molecule has 0 amide bonds. The van der Waals surface area contributed by atoms with E-state index in [4.69, 9.17) is 9.84 Å². The number of morpholine rings is 1. The molecule has 1 saturated heterocycles. The molecule has 0 spiro atoms. The molecule has 1 atom stereocenters. The summed E-state index contributed by atoms with van der Waals surface area (Å²) in [5.41, 5.74) is 1.17. The zero-order chi connectivity index (χ0) is 12.1. The van der Waals surface area contributed by atoms with Gasteiger partial charge in [-0.15, -0.1) is 0 Å². The average molecular weight is 237 g/mol. The van der Waals surface area contributed by atoms with Gasteiger partial charge in [-0.05, 0) is 6.07 Å². The fourth-order valence-corrected chi connectivity index (χ4v) is 2.07. The molecule has 0 radical (unpaired) electrons. The number of hydrogen-bond acceptors (Lipinski definition) is 5. The van der Waals surface area contributed by atoms with Crippen LogP contribution in [0.1, 0.15) is 5.56 Å². The Morgan fingerprint density at radius 3 is 3.29 bits per heavy atom. The van der Waals surface area contributed by atoms with E-state index in [1.807, 2.05) is 13.1 Å². The van der Waals surface area contributed by atoms with Gasteiger partial charge in [0.25, 0.3) is 0 Å². The topological polar surface area (TPSA) is 57.6 Å². The predicted molar refractivity (Wildman–Crippen MR) is 65.9 cm³/mol. The lowest BCUT2D eigenvalue weighted by molar-refractivity contribution is -0.0550. The summed E-state index contributed by atoms with van der Waals surface area (Å²) in [5, 5.41) is 12.2. The number of nitrogens with zero attached hydrogens (tertiary/aromatic N) is 2. The highest BCUT2D eigenvalue weighted by Gasteiger charge is 2.20. The molecule has 1 fully saturated rings. The van der Waals surface area contributed by atoms with Crippen molar-refractivity contribution in [3.8, 4) is 0 Å². The van der Waals surface area contributed by atoms with Gasteiger partial charge in [-0.1, -0.05) is 6.07 Å². The first-order valence-corrected chi connectivity index (χ1v) is 5.90. The monoisotopic (exact) mass is 237 g/mol.